The monoisotopic (exact) mass is 607 g/mol. The van der Waals surface area contributed by atoms with Crippen LogP contribution in [-0.2, 0) is 14.3 Å². The van der Waals surface area contributed by atoms with Crippen molar-refractivity contribution in [3.05, 3.63) is 12.7 Å². The van der Waals surface area contributed by atoms with Crippen LogP contribution in [0.3, 0.4) is 0 Å². The van der Waals surface area contributed by atoms with E-state index in [4.69, 9.17) is 4.74 Å². The highest BCUT2D eigenvalue weighted by Gasteiger charge is 2.48. The molecule has 2 amide bonds. The Morgan fingerprint density at radius 3 is 2.30 bits per heavy atom. The number of unbranched alkanes of at least 4 members (excludes halogenated alkanes) is 8. The summed E-state index contributed by atoms with van der Waals surface area (Å²) in [5, 5.41) is 49.5. The minimum atomic E-state index is -1.59. The van der Waals surface area contributed by atoms with Gasteiger partial charge < -0.3 is 46.1 Å². The number of nitrogens with zero attached hydrogens (tertiary/aromatic N) is 3. The van der Waals surface area contributed by atoms with E-state index >= 15 is 0 Å². The molecule has 2 aromatic heterocycles. The standard InChI is InChI=1S/C29H49N7O7/c1-18(2)12-10-8-6-4-3-5-7-9-11-13-20(39)30-14-21(40)35-22-24(41)25(42)29(43-26(22)19(38)15-37)36-28-23-27(32-16-31-23)33-17-34-28/h16-19,22,24-26,29,37-38,41-42H,3-15H2,1-2H3,(H,30,39)(H,35,40)(H2,31,32,33,34,36). The number of aliphatic hydroxyl groups excluding tert-OH is 4. The summed E-state index contributed by atoms with van der Waals surface area (Å²) in [6.45, 7) is 3.45. The van der Waals surface area contributed by atoms with Gasteiger partial charge in [0.05, 0.1) is 25.5 Å². The second kappa shape index (κ2) is 18.0. The van der Waals surface area contributed by atoms with Crippen LogP contribution in [0, 0.1) is 5.92 Å². The number of rotatable bonds is 19. The highest BCUT2D eigenvalue weighted by atomic mass is 16.5. The third-order valence-electron chi connectivity index (χ3n) is 7.71. The molecule has 14 heteroatoms. The van der Waals surface area contributed by atoms with Gasteiger partial charge in [-0.05, 0) is 12.3 Å². The molecule has 8 N–H and O–H groups in total. The number of amides is 2. The van der Waals surface area contributed by atoms with Crippen LogP contribution in [0.2, 0.25) is 0 Å². The Balaban J connectivity index is 1.38. The van der Waals surface area contributed by atoms with Gasteiger partial charge in [-0.3, -0.25) is 9.59 Å². The van der Waals surface area contributed by atoms with Crippen LogP contribution in [0.4, 0.5) is 5.82 Å². The van der Waals surface area contributed by atoms with Gasteiger partial charge in [0, 0.05) is 6.42 Å². The van der Waals surface area contributed by atoms with Crippen molar-refractivity contribution < 1.29 is 34.8 Å². The third-order valence-corrected chi connectivity index (χ3v) is 7.71. The molecule has 1 aliphatic heterocycles. The Labute approximate surface area is 252 Å². The van der Waals surface area contributed by atoms with Gasteiger partial charge in [0.1, 0.15) is 36.3 Å². The Bertz CT molecular complexity index is 1120. The van der Waals surface area contributed by atoms with Gasteiger partial charge in [-0.25, -0.2) is 15.0 Å². The van der Waals surface area contributed by atoms with Crippen LogP contribution >= 0.6 is 0 Å². The molecule has 6 unspecified atom stereocenters. The topological polar surface area (TPSA) is 215 Å². The van der Waals surface area contributed by atoms with Crippen molar-refractivity contribution in [3.8, 4) is 0 Å². The highest BCUT2D eigenvalue weighted by molar-refractivity contribution is 5.85. The number of aromatic nitrogens is 4. The van der Waals surface area contributed by atoms with E-state index in [1.54, 1.807) is 0 Å². The van der Waals surface area contributed by atoms with E-state index in [9.17, 15) is 30.0 Å². The van der Waals surface area contributed by atoms with Crippen LogP contribution < -0.4 is 16.0 Å². The molecule has 1 fully saturated rings. The summed E-state index contributed by atoms with van der Waals surface area (Å²) in [6, 6.07) is -1.27. The Hall–Kier alpha value is -2.91. The summed E-state index contributed by atoms with van der Waals surface area (Å²) in [4.78, 5) is 39.9. The van der Waals surface area contributed by atoms with Crippen molar-refractivity contribution >= 4 is 28.8 Å². The first-order chi connectivity index (χ1) is 20.7. The number of carbonyl (C=O) groups is 2. The number of fused-ring (bicyclic) bond motifs is 1. The van der Waals surface area contributed by atoms with Gasteiger partial charge in [0.2, 0.25) is 11.8 Å². The molecule has 0 aliphatic carbocycles. The third kappa shape index (κ3) is 10.9. The molecular weight excluding hydrogens is 558 g/mol. The largest absolute Gasteiger partial charge is 0.394 e. The maximum Gasteiger partial charge on any atom is 0.239 e. The lowest BCUT2D eigenvalue weighted by atomic mass is 9.92. The maximum absolute atomic E-state index is 12.6. The molecule has 0 radical (unpaired) electrons. The number of anilines is 1. The summed E-state index contributed by atoms with van der Waals surface area (Å²) in [5.74, 6) is 0.111. The Morgan fingerprint density at radius 2 is 1.63 bits per heavy atom. The van der Waals surface area contributed by atoms with Crippen molar-refractivity contribution in [2.45, 2.75) is 121 Å². The van der Waals surface area contributed by atoms with Crippen molar-refractivity contribution in [1.82, 2.24) is 30.6 Å². The zero-order valence-electron chi connectivity index (χ0n) is 25.2. The van der Waals surface area contributed by atoms with Crippen molar-refractivity contribution in [2.75, 3.05) is 18.5 Å². The normalized spacial score (nSPS) is 22.9. The fraction of sp³-hybridized carbons (Fsp3) is 0.759. The van der Waals surface area contributed by atoms with Crippen molar-refractivity contribution in [3.63, 3.8) is 0 Å². The van der Waals surface area contributed by atoms with Crippen LogP contribution in [0.15, 0.2) is 12.7 Å². The van der Waals surface area contributed by atoms with Gasteiger partial charge in [0.25, 0.3) is 0 Å². The molecule has 0 saturated carbocycles. The predicted molar refractivity (Wildman–Crippen MR) is 160 cm³/mol. The molecule has 3 rings (SSSR count). The maximum atomic E-state index is 12.6. The molecule has 1 aliphatic rings. The second-order valence-electron chi connectivity index (χ2n) is 11.7. The molecule has 2 aromatic rings. The first-order valence-corrected chi connectivity index (χ1v) is 15.5. The lowest BCUT2D eigenvalue weighted by Crippen LogP contribution is -2.68. The van der Waals surface area contributed by atoms with Crippen LogP contribution in [-0.4, -0.2) is 102 Å². The van der Waals surface area contributed by atoms with E-state index in [2.05, 4.69) is 49.7 Å². The number of hydrogen-bond donors (Lipinski definition) is 8. The van der Waals surface area contributed by atoms with Gasteiger partial charge in [0.15, 0.2) is 17.7 Å². The summed E-state index contributed by atoms with van der Waals surface area (Å²) in [6.07, 6.45) is 7.41. The number of ether oxygens (including phenoxy) is 1. The van der Waals surface area contributed by atoms with E-state index in [0.29, 0.717) is 17.6 Å². The highest BCUT2D eigenvalue weighted by Crippen LogP contribution is 2.26. The molecule has 14 nitrogen and oxygen atoms in total. The number of H-pyrrole nitrogens is 1. The summed E-state index contributed by atoms with van der Waals surface area (Å²) >= 11 is 0. The summed E-state index contributed by atoms with van der Waals surface area (Å²) in [5.41, 5.74) is 0.793. The zero-order chi connectivity index (χ0) is 31.2. The average Bonchev–Trinajstić information content (AvgIpc) is 3.48. The fourth-order valence-electron chi connectivity index (χ4n) is 5.23. The van der Waals surface area contributed by atoms with E-state index in [-0.39, 0.29) is 18.3 Å². The first-order valence-electron chi connectivity index (χ1n) is 15.5. The zero-order valence-corrected chi connectivity index (χ0v) is 25.2. The number of carbonyl (C=O) groups excluding carboxylic acids is 2. The van der Waals surface area contributed by atoms with Gasteiger partial charge >= 0.3 is 0 Å². The number of hydrogen-bond acceptors (Lipinski definition) is 11. The van der Waals surface area contributed by atoms with E-state index in [0.717, 1.165) is 31.6 Å². The predicted octanol–water partition coefficient (Wildman–Crippen LogP) is 1.11. The Kier molecular flexibility index (Phi) is 14.5. The fourth-order valence-corrected chi connectivity index (χ4v) is 5.23. The van der Waals surface area contributed by atoms with Crippen LogP contribution in [0.1, 0.15) is 84.5 Å². The van der Waals surface area contributed by atoms with Gasteiger partial charge in [-0.2, -0.15) is 0 Å². The SMILES string of the molecule is CC(C)CCCCCCCCCCCC(=O)NCC(=O)NC1C(O)C(O)C(Nc2ncnc3nc[nH]c23)OC1C(O)CO. The molecule has 3 heterocycles. The summed E-state index contributed by atoms with van der Waals surface area (Å²) in [7, 11) is 0. The second-order valence-corrected chi connectivity index (χ2v) is 11.7. The number of aliphatic hydroxyl groups is 4. The number of imidazole rings is 1. The van der Waals surface area contributed by atoms with Crippen LogP contribution in [0.25, 0.3) is 11.2 Å². The molecule has 0 aromatic carbocycles. The quantitative estimate of drug-likeness (QED) is 0.106. The van der Waals surface area contributed by atoms with Crippen molar-refractivity contribution in [1.29, 1.82) is 0 Å². The molecule has 242 valence electrons. The minimum absolute atomic E-state index is 0.230. The number of aromatic amines is 1. The molecule has 6 atom stereocenters. The Morgan fingerprint density at radius 1 is 0.953 bits per heavy atom. The molecule has 0 bridgehead atoms. The van der Waals surface area contributed by atoms with E-state index in [1.165, 1.54) is 51.2 Å². The molecule has 0 spiro atoms. The van der Waals surface area contributed by atoms with Gasteiger partial charge in [-0.1, -0.05) is 71.6 Å². The lowest BCUT2D eigenvalue weighted by molar-refractivity contribution is -0.204. The van der Waals surface area contributed by atoms with E-state index in [1.807, 2.05) is 0 Å². The molecule has 1 saturated heterocycles. The molecule has 43 heavy (non-hydrogen) atoms. The van der Waals surface area contributed by atoms with Crippen molar-refractivity contribution in [2.24, 2.45) is 5.92 Å². The minimum Gasteiger partial charge on any atom is -0.394 e. The average molecular weight is 608 g/mol. The first kappa shape index (κ1) is 34.6. The van der Waals surface area contributed by atoms with Gasteiger partial charge in [-0.15, -0.1) is 0 Å². The number of nitrogens with one attached hydrogen (secondary N) is 4. The summed E-state index contributed by atoms with van der Waals surface area (Å²) < 4.78 is 5.79. The smallest absolute Gasteiger partial charge is 0.239 e. The lowest BCUT2D eigenvalue weighted by Gasteiger charge is -2.44. The molecular formula is C29H49N7O7. The van der Waals surface area contributed by atoms with Crippen LogP contribution in [0.5, 0.6) is 0 Å². The van der Waals surface area contributed by atoms with E-state index < -0.39 is 49.2 Å².